The quantitative estimate of drug-likeness (QED) is 0.776. The first kappa shape index (κ1) is 14.7. The van der Waals surface area contributed by atoms with Crippen molar-refractivity contribution in [3.63, 3.8) is 0 Å². The smallest absolute Gasteiger partial charge is 0.265 e. The molecule has 0 fully saturated rings. The van der Waals surface area contributed by atoms with Crippen molar-refractivity contribution in [2.45, 2.75) is 6.42 Å². The first-order valence-electron chi connectivity index (χ1n) is 7.09. The molecule has 3 aromatic rings. The van der Waals surface area contributed by atoms with Crippen molar-refractivity contribution in [2.75, 3.05) is 7.11 Å². The number of nitrogens with two attached hydrogens (primary N) is 1. The van der Waals surface area contributed by atoms with Crippen molar-refractivity contribution in [2.24, 2.45) is 5.73 Å². The van der Waals surface area contributed by atoms with Crippen molar-refractivity contribution < 1.29 is 9.53 Å². The fraction of sp³-hybridized carbons (Fsp3) is 0.111. The molecule has 23 heavy (non-hydrogen) atoms. The minimum atomic E-state index is -0.518. The number of benzene rings is 2. The van der Waals surface area contributed by atoms with Crippen LogP contribution in [0.4, 0.5) is 0 Å². The Balaban J connectivity index is 2.07. The second kappa shape index (κ2) is 5.85. The van der Waals surface area contributed by atoms with Crippen LogP contribution < -0.4 is 10.5 Å². The van der Waals surface area contributed by atoms with E-state index in [9.17, 15) is 10.1 Å². The number of hydrogen-bond acceptors (Lipinski definition) is 3. The third-order valence-electron chi connectivity index (χ3n) is 3.76. The molecule has 3 rings (SSSR count). The van der Waals surface area contributed by atoms with Crippen LogP contribution in [0, 0.1) is 11.3 Å². The topological polar surface area (TPSA) is 91.9 Å². The number of amides is 1. The number of fused-ring (bicyclic) bond motifs is 1. The monoisotopic (exact) mass is 305 g/mol. The summed E-state index contributed by atoms with van der Waals surface area (Å²) in [6.45, 7) is 0. The fourth-order valence-corrected chi connectivity index (χ4v) is 2.62. The van der Waals surface area contributed by atoms with Gasteiger partial charge >= 0.3 is 0 Å². The van der Waals surface area contributed by atoms with Crippen LogP contribution in [0.5, 0.6) is 5.75 Å². The number of aromatic nitrogens is 1. The lowest BCUT2D eigenvalue weighted by Gasteiger charge is -2.06. The number of primary amides is 1. The van der Waals surface area contributed by atoms with Gasteiger partial charge in [-0.1, -0.05) is 12.1 Å². The number of hydrogen-bond donors (Lipinski definition) is 2. The number of H-pyrrole nitrogens is 1. The number of nitriles is 1. The molecule has 0 aliphatic carbocycles. The maximum atomic E-state index is 11.4. The lowest BCUT2D eigenvalue weighted by molar-refractivity contribution is 0.0996. The third-order valence-corrected chi connectivity index (χ3v) is 3.76. The van der Waals surface area contributed by atoms with E-state index in [1.165, 1.54) is 0 Å². The van der Waals surface area contributed by atoms with Crippen LogP contribution in [0.1, 0.15) is 27.2 Å². The van der Waals surface area contributed by atoms with E-state index >= 15 is 0 Å². The van der Waals surface area contributed by atoms with Crippen LogP contribution in [0.2, 0.25) is 0 Å². The van der Waals surface area contributed by atoms with Crippen LogP contribution in [0.25, 0.3) is 10.9 Å². The van der Waals surface area contributed by atoms with Crippen molar-refractivity contribution in [3.8, 4) is 11.8 Å². The Labute approximate surface area is 133 Å². The Morgan fingerprint density at radius 3 is 2.61 bits per heavy atom. The molecule has 0 atom stereocenters. The van der Waals surface area contributed by atoms with E-state index in [4.69, 9.17) is 10.5 Å². The average Bonchev–Trinajstić information content (AvgIpc) is 3.00. The number of carbonyl (C=O) groups excluding carboxylic acids is 1. The van der Waals surface area contributed by atoms with Gasteiger partial charge in [0, 0.05) is 10.9 Å². The van der Waals surface area contributed by atoms with Gasteiger partial charge < -0.3 is 15.5 Å². The van der Waals surface area contributed by atoms with Crippen LogP contribution in [0.15, 0.2) is 42.5 Å². The van der Waals surface area contributed by atoms with Crippen LogP contribution in [0.3, 0.4) is 0 Å². The molecular weight excluding hydrogens is 290 g/mol. The molecule has 1 amide bonds. The Morgan fingerprint density at radius 1 is 1.26 bits per heavy atom. The second-order valence-corrected chi connectivity index (χ2v) is 5.28. The van der Waals surface area contributed by atoms with Crippen molar-refractivity contribution in [3.05, 3.63) is 64.8 Å². The zero-order valence-electron chi connectivity index (χ0n) is 12.6. The van der Waals surface area contributed by atoms with Crippen LogP contribution >= 0.6 is 0 Å². The molecule has 0 unspecified atom stereocenters. The number of aromatic amines is 1. The van der Waals surface area contributed by atoms with Gasteiger partial charge in [-0.15, -0.1) is 0 Å². The molecule has 0 saturated heterocycles. The SMILES string of the molecule is COc1ccc(Cc2cc(C#N)cc3cc(C(N)=O)[nH]c23)cc1. The maximum Gasteiger partial charge on any atom is 0.265 e. The van der Waals surface area contributed by atoms with E-state index < -0.39 is 5.91 Å². The molecule has 5 heteroatoms. The van der Waals surface area contributed by atoms with E-state index in [1.807, 2.05) is 30.3 Å². The summed E-state index contributed by atoms with van der Waals surface area (Å²) < 4.78 is 5.16. The summed E-state index contributed by atoms with van der Waals surface area (Å²) in [5, 5.41) is 10.0. The van der Waals surface area contributed by atoms with Gasteiger partial charge in [0.15, 0.2) is 0 Å². The van der Waals surface area contributed by atoms with Crippen molar-refractivity contribution >= 4 is 16.8 Å². The number of nitrogens with one attached hydrogen (secondary N) is 1. The van der Waals surface area contributed by atoms with Crippen LogP contribution in [-0.2, 0) is 6.42 Å². The summed E-state index contributed by atoms with van der Waals surface area (Å²) in [5.74, 6) is 0.274. The molecular formula is C18H15N3O2. The largest absolute Gasteiger partial charge is 0.497 e. The lowest BCUT2D eigenvalue weighted by Crippen LogP contribution is -2.10. The first-order valence-corrected chi connectivity index (χ1v) is 7.09. The highest BCUT2D eigenvalue weighted by atomic mass is 16.5. The van der Waals surface area contributed by atoms with E-state index in [0.29, 0.717) is 17.7 Å². The van der Waals surface area contributed by atoms with E-state index in [0.717, 1.165) is 27.8 Å². The van der Waals surface area contributed by atoms with E-state index in [1.54, 1.807) is 19.2 Å². The molecule has 0 saturated carbocycles. The van der Waals surface area contributed by atoms with Crippen molar-refractivity contribution in [1.82, 2.24) is 4.98 Å². The number of rotatable bonds is 4. The Hall–Kier alpha value is -3.26. The van der Waals surface area contributed by atoms with E-state index in [2.05, 4.69) is 11.1 Å². The number of nitrogens with zero attached hydrogens (tertiary/aromatic N) is 1. The normalized spacial score (nSPS) is 10.4. The molecule has 5 nitrogen and oxygen atoms in total. The second-order valence-electron chi connectivity index (χ2n) is 5.28. The van der Waals surface area contributed by atoms with Gasteiger partial charge in [0.25, 0.3) is 5.91 Å². The summed E-state index contributed by atoms with van der Waals surface area (Å²) in [6.07, 6.45) is 0.634. The molecule has 1 aromatic heterocycles. The van der Waals surface area contributed by atoms with Gasteiger partial charge in [-0.25, -0.2) is 0 Å². The average molecular weight is 305 g/mol. The number of ether oxygens (including phenoxy) is 1. The van der Waals surface area contributed by atoms with Gasteiger partial charge in [0.2, 0.25) is 0 Å². The molecule has 3 N–H and O–H groups in total. The number of methoxy groups -OCH3 is 1. The zero-order valence-corrected chi connectivity index (χ0v) is 12.6. The predicted molar refractivity (Wildman–Crippen MR) is 87.3 cm³/mol. The van der Waals surface area contributed by atoms with E-state index in [-0.39, 0.29) is 0 Å². The zero-order chi connectivity index (χ0) is 16.4. The highest BCUT2D eigenvalue weighted by Crippen LogP contribution is 2.25. The Morgan fingerprint density at radius 2 is 2.00 bits per heavy atom. The van der Waals surface area contributed by atoms with Gasteiger partial charge in [-0.3, -0.25) is 4.79 Å². The summed E-state index contributed by atoms with van der Waals surface area (Å²) in [5.41, 5.74) is 9.07. The fourth-order valence-electron chi connectivity index (χ4n) is 2.62. The highest BCUT2D eigenvalue weighted by Gasteiger charge is 2.11. The minimum absolute atomic E-state index is 0.339. The first-order chi connectivity index (χ1) is 11.1. The molecule has 0 aliphatic rings. The van der Waals surface area contributed by atoms with Gasteiger partial charge in [-0.2, -0.15) is 5.26 Å². The van der Waals surface area contributed by atoms with Gasteiger partial charge in [0.05, 0.1) is 18.7 Å². The molecule has 0 spiro atoms. The third kappa shape index (κ3) is 2.87. The summed E-state index contributed by atoms with van der Waals surface area (Å²) in [6, 6.07) is 15.1. The Bertz CT molecular complexity index is 918. The summed E-state index contributed by atoms with van der Waals surface area (Å²) in [7, 11) is 1.62. The Kier molecular flexibility index (Phi) is 3.73. The molecule has 1 heterocycles. The molecule has 0 aliphatic heterocycles. The van der Waals surface area contributed by atoms with Gasteiger partial charge in [-0.05, 0) is 47.9 Å². The molecule has 2 aromatic carbocycles. The number of carbonyl (C=O) groups is 1. The summed E-state index contributed by atoms with van der Waals surface area (Å²) >= 11 is 0. The lowest BCUT2D eigenvalue weighted by atomic mass is 10.0. The standard InChI is InChI=1S/C18H15N3O2/c1-23-15-4-2-11(3-5-15)6-13-7-12(10-19)8-14-9-16(18(20)22)21-17(13)14/h2-5,7-9,21H,6H2,1H3,(H2,20,22). The molecule has 114 valence electrons. The maximum absolute atomic E-state index is 11.4. The molecule has 0 radical (unpaired) electrons. The predicted octanol–water partition coefficient (Wildman–Crippen LogP) is 2.74. The van der Waals surface area contributed by atoms with Gasteiger partial charge in [0.1, 0.15) is 11.4 Å². The molecule has 0 bridgehead atoms. The van der Waals surface area contributed by atoms with Crippen LogP contribution in [-0.4, -0.2) is 18.0 Å². The van der Waals surface area contributed by atoms with Crippen molar-refractivity contribution in [1.29, 1.82) is 5.26 Å². The highest BCUT2D eigenvalue weighted by molar-refractivity contribution is 5.98. The minimum Gasteiger partial charge on any atom is -0.497 e. The summed E-state index contributed by atoms with van der Waals surface area (Å²) in [4.78, 5) is 14.4.